The van der Waals surface area contributed by atoms with Crippen molar-refractivity contribution >= 4 is 17.6 Å². The fourth-order valence-corrected chi connectivity index (χ4v) is 3.01. The van der Waals surface area contributed by atoms with Crippen LogP contribution in [0.4, 0.5) is 23.7 Å². The summed E-state index contributed by atoms with van der Waals surface area (Å²) in [5.74, 6) is 0.0504. The van der Waals surface area contributed by atoms with Crippen LogP contribution in [0.25, 0.3) is 0 Å². The van der Waals surface area contributed by atoms with Crippen molar-refractivity contribution in [3.05, 3.63) is 70.9 Å². The highest BCUT2D eigenvalue weighted by molar-refractivity contribution is 6.06. The predicted molar refractivity (Wildman–Crippen MR) is 100 cm³/mol. The second-order valence-corrected chi connectivity index (χ2v) is 6.38. The van der Waals surface area contributed by atoms with E-state index in [2.05, 4.69) is 16.0 Å². The molecule has 3 amide bonds. The summed E-state index contributed by atoms with van der Waals surface area (Å²) in [6, 6.07) is 9.44. The molecule has 0 aromatic heterocycles. The van der Waals surface area contributed by atoms with Gasteiger partial charge in [0.1, 0.15) is 5.75 Å². The number of alkyl halides is 3. The standard InChI is InChI=1S/C20H18F3N3O3/c1-11-16(18(27)25-14-6-8-15(29-2)9-7-14)17(26-19(28)24-11)12-4-3-5-13(10-12)20(21,22)23/h3-10,17H,1-2H3,(H,25,27)(H2,24,26,28)/t17-/m0/s1. The minimum Gasteiger partial charge on any atom is -0.497 e. The highest BCUT2D eigenvalue weighted by Gasteiger charge is 2.34. The lowest BCUT2D eigenvalue weighted by Crippen LogP contribution is -2.46. The molecule has 2 aromatic rings. The lowest BCUT2D eigenvalue weighted by molar-refractivity contribution is -0.137. The number of ether oxygens (including phenoxy) is 1. The fourth-order valence-electron chi connectivity index (χ4n) is 3.01. The topological polar surface area (TPSA) is 79.5 Å². The Morgan fingerprint density at radius 2 is 1.83 bits per heavy atom. The molecule has 0 fully saturated rings. The number of nitrogens with one attached hydrogen (secondary N) is 3. The summed E-state index contributed by atoms with van der Waals surface area (Å²) in [6.07, 6.45) is -4.54. The van der Waals surface area contributed by atoms with Crippen molar-refractivity contribution in [2.75, 3.05) is 12.4 Å². The third-order valence-corrected chi connectivity index (χ3v) is 4.41. The molecule has 0 radical (unpaired) electrons. The molecule has 6 nitrogen and oxygen atoms in total. The highest BCUT2D eigenvalue weighted by Crippen LogP contribution is 2.33. The molecule has 1 atom stereocenters. The zero-order valence-corrected chi connectivity index (χ0v) is 15.6. The number of halogens is 3. The van der Waals surface area contributed by atoms with E-state index >= 15 is 0 Å². The van der Waals surface area contributed by atoms with Crippen molar-refractivity contribution in [3.63, 3.8) is 0 Å². The van der Waals surface area contributed by atoms with Crippen LogP contribution in [0.15, 0.2) is 59.8 Å². The first-order chi connectivity index (χ1) is 13.7. The Bertz CT molecular complexity index is 969. The van der Waals surface area contributed by atoms with E-state index < -0.39 is 29.7 Å². The van der Waals surface area contributed by atoms with Crippen molar-refractivity contribution in [2.45, 2.75) is 19.1 Å². The van der Waals surface area contributed by atoms with Crippen LogP contribution in [0, 0.1) is 0 Å². The second kappa shape index (κ2) is 7.86. The molecule has 0 aliphatic carbocycles. The first-order valence-corrected chi connectivity index (χ1v) is 8.60. The van der Waals surface area contributed by atoms with Gasteiger partial charge in [0.25, 0.3) is 5.91 Å². The summed E-state index contributed by atoms with van der Waals surface area (Å²) in [5, 5.41) is 7.69. The SMILES string of the molecule is COc1ccc(NC(=O)C2=C(C)NC(=O)N[C@H]2c2cccc(C(F)(F)F)c2)cc1. The largest absolute Gasteiger partial charge is 0.497 e. The van der Waals surface area contributed by atoms with Gasteiger partial charge in [-0.25, -0.2) is 4.79 Å². The van der Waals surface area contributed by atoms with Crippen molar-refractivity contribution in [3.8, 4) is 5.75 Å². The average molecular weight is 405 g/mol. The van der Waals surface area contributed by atoms with Crippen LogP contribution in [-0.4, -0.2) is 19.0 Å². The quantitative estimate of drug-likeness (QED) is 0.720. The number of carbonyl (C=O) groups excluding carboxylic acids is 2. The number of allylic oxidation sites excluding steroid dienone is 1. The maximum absolute atomic E-state index is 13.1. The Balaban J connectivity index is 1.94. The van der Waals surface area contributed by atoms with E-state index in [4.69, 9.17) is 4.74 Å². The van der Waals surface area contributed by atoms with Crippen LogP contribution in [0.5, 0.6) is 5.75 Å². The van der Waals surface area contributed by atoms with Crippen LogP contribution in [0.2, 0.25) is 0 Å². The molecule has 1 aliphatic rings. The molecular formula is C20H18F3N3O3. The van der Waals surface area contributed by atoms with E-state index in [1.165, 1.54) is 26.2 Å². The molecule has 0 spiro atoms. The number of anilines is 1. The third-order valence-electron chi connectivity index (χ3n) is 4.41. The number of methoxy groups -OCH3 is 1. The van der Waals surface area contributed by atoms with E-state index in [1.54, 1.807) is 24.3 Å². The molecule has 29 heavy (non-hydrogen) atoms. The third kappa shape index (κ3) is 4.50. The number of benzene rings is 2. The lowest BCUT2D eigenvalue weighted by atomic mass is 9.93. The lowest BCUT2D eigenvalue weighted by Gasteiger charge is -2.29. The van der Waals surface area contributed by atoms with Crippen molar-refractivity contribution in [1.82, 2.24) is 10.6 Å². The van der Waals surface area contributed by atoms with Gasteiger partial charge in [-0.3, -0.25) is 4.79 Å². The number of carbonyl (C=O) groups is 2. The van der Waals surface area contributed by atoms with Gasteiger partial charge in [0.2, 0.25) is 0 Å². The molecule has 152 valence electrons. The molecule has 0 unspecified atom stereocenters. The van der Waals surface area contributed by atoms with Crippen molar-refractivity contribution in [1.29, 1.82) is 0 Å². The number of hydrogen-bond acceptors (Lipinski definition) is 3. The molecule has 1 heterocycles. The Morgan fingerprint density at radius 3 is 2.45 bits per heavy atom. The summed E-state index contributed by atoms with van der Waals surface area (Å²) >= 11 is 0. The Hall–Kier alpha value is -3.49. The van der Waals surface area contributed by atoms with E-state index in [0.29, 0.717) is 11.4 Å². The van der Waals surface area contributed by atoms with Gasteiger partial charge < -0.3 is 20.7 Å². The summed E-state index contributed by atoms with van der Waals surface area (Å²) in [4.78, 5) is 24.8. The monoisotopic (exact) mass is 405 g/mol. The van der Waals surface area contributed by atoms with E-state index in [9.17, 15) is 22.8 Å². The summed E-state index contributed by atoms with van der Waals surface area (Å²) in [7, 11) is 1.51. The van der Waals surface area contributed by atoms with Crippen LogP contribution < -0.4 is 20.7 Å². The molecule has 3 rings (SSSR count). The number of amides is 3. The van der Waals surface area contributed by atoms with Gasteiger partial charge in [0.15, 0.2) is 0 Å². The van der Waals surface area contributed by atoms with Crippen molar-refractivity contribution in [2.24, 2.45) is 0 Å². The average Bonchev–Trinajstić information content (AvgIpc) is 2.67. The Labute approximate surface area is 164 Å². The van der Waals surface area contributed by atoms with E-state index in [-0.39, 0.29) is 16.8 Å². The van der Waals surface area contributed by atoms with Gasteiger partial charge in [-0.15, -0.1) is 0 Å². The zero-order valence-electron chi connectivity index (χ0n) is 15.6. The Morgan fingerprint density at radius 1 is 1.14 bits per heavy atom. The van der Waals surface area contributed by atoms with Gasteiger partial charge in [0, 0.05) is 11.4 Å². The summed E-state index contributed by atoms with van der Waals surface area (Å²) < 4.78 is 44.3. The van der Waals surface area contributed by atoms with Gasteiger partial charge in [-0.2, -0.15) is 13.2 Å². The first kappa shape index (κ1) is 20.2. The van der Waals surface area contributed by atoms with E-state index in [1.807, 2.05) is 0 Å². The summed E-state index contributed by atoms with van der Waals surface area (Å²) in [5.41, 5.74) is 0.113. The van der Waals surface area contributed by atoms with Gasteiger partial charge >= 0.3 is 12.2 Å². The van der Waals surface area contributed by atoms with Gasteiger partial charge in [-0.05, 0) is 48.9 Å². The first-order valence-electron chi connectivity index (χ1n) is 8.60. The maximum Gasteiger partial charge on any atom is 0.416 e. The molecule has 2 aromatic carbocycles. The molecule has 3 N–H and O–H groups in total. The van der Waals surface area contributed by atoms with Crippen LogP contribution in [0.3, 0.4) is 0 Å². The van der Waals surface area contributed by atoms with Gasteiger partial charge in [0.05, 0.1) is 24.3 Å². The predicted octanol–water partition coefficient (Wildman–Crippen LogP) is 3.98. The molecule has 1 aliphatic heterocycles. The Kier molecular flexibility index (Phi) is 5.49. The van der Waals surface area contributed by atoms with Crippen LogP contribution in [-0.2, 0) is 11.0 Å². The molecular weight excluding hydrogens is 387 g/mol. The normalized spacial score (nSPS) is 16.7. The minimum absolute atomic E-state index is 0.111. The molecule has 0 saturated heterocycles. The fraction of sp³-hybridized carbons (Fsp3) is 0.200. The molecule has 0 bridgehead atoms. The van der Waals surface area contributed by atoms with Crippen LogP contribution >= 0.6 is 0 Å². The number of urea groups is 1. The molecule has 9 heteroatoms. The highest BCUT2D eigenvalue weighted by atomic mass is 19.4. The number of hydrogen-bond donors (Lipinski definition) is 3. The smallest absolute Gasteiger partial charge is 0.416 e. The minimum atomic E-state index is -4.54. The summed E-state index contributed by atoms with van der Waals surface area (Å²) in [6.45, 7) is 1.52. The molecule has 0 saturated carbocycles. The number of rotatable bonds is 4. The van der Waals surface area contributed by atoms with Crippen LogP contribution in [0.1, 0.15) is 24.1 Å². The van der Waals surface area contributed by atoms with Gasteiger partial charge in [-0.1, -0.05) is 12.1 Å². The van der Waals surface area contributed by atoms with Crippen molar-refractivity contribution < 1.29 is 27.5 Å². The second-order valence-electron chi connectivity index (χ2n) is 6.38. The zero-order chi connectivity index (χ0) is 21.2. The maximum atomic E-state index is 13.1. The van der Waals surface area contributed by atoms with E-state index in [0.717, 1.165) is 12.1 Å².